The molecule has 1 amide bonds. The molecule has 1 atom stereocenters. The number of amides is 1. The molecule has 1 rings (SSSR count). The molecule has 0 heterocycles. The molecule has 0 unspecified atom stereocenters. The van der Waals surface area contributed by atoms with E-state index in [-0.39, 0.29) is 17.6 Å². The van der Waals surface area contributed by atoms with Gasteiger partial charge in [0.05, 0.1) is 0 Å². The highest BCUT2D eigenvalue weighted by molar-refractivity contribution is 5.78. The second kappa shape index (κ2) is 7.89. The number of carbonyl (C=O) groups is 1. The monoisotopic (exact) mass is 266 g/mol. The lowest BCUT2D eigenvalue weighted by atomic mass is 10.1. The van der Waals surface area contributed by atoms with Crippen LogP contribution >= 0.6 is 0 Å². The summed E-state index contributed by atoms with van der Waals surface area (Å²) in [4.78, 5) is 13.6. The van der Waals surface area contributed by atoms with Crippen LogP contribution in [0.1, 0.15) is 18.9 Å². The fourth-order valence-electron chi connectivity index (χ4n) is 2.09. The molecule has 0 aromatic heterocycles. The molecule has 1 aromatic carbocycles. The van der Waals surface area contributed by atoms with Gasteiger partial charge in [-0.05, 0) is 44.1 Å². The van der Waals surface area contributed by atoms with E-state index in [9.17, 15) is 9.18 Å². The summed E-state index contributed by atoms with van der Waals surface area (Å²) >= 11 is 0. The van der Waals surface area contributed by atoms with Crippen molar-refractivity contribution in [2.24, 2.45) is 5.92 Å². The van der Waals surface area contributed by atoms with Crippen molar-refractivity contribution in [2.45, 2.75) is 19.8 Å². The Hall–Kier alpha value is -1.42. The summed E-state index contributed by atoms with van der Waals surface area (Å²) in [6.07, 6.45) is 1.93. The topological polar surface area (TPSA) is 32.3 Å². The van der Waals surface area contributed by atoms with E-state index in [4.69, 9.17) is 0 Å². The molecule has 0 aliphatic rings. The Labute approximate surface area is 114 Å². The Morgan fingerprint density at radius 3 is 2.58 bits per heavy atom. The van der Waals surface area contributed by atoms with Crippen LogP contribution in [0.15, 0.2) is 24.3 Å². The van der Waals surface area contributed by atoms with Crippen molar-refractivity contribution in [3.05, 3.63) is 35.6 Å². The average Bonchev–Trinajstić information content (AvgIpc) is 2.40. The van der Waals surface area contributed by atoms with Gasteiger partial charge in [-0.25, -0.2) is 4.39 Å². The highest BCUT2D eigenvalue weighted by Crippen LogP contribution is 2.06. The van der Waals surface area contributed by atoms with Crippen molar-refractivity contribution >= 4 is 5.91 Å². The molecule has 106 valence electrons. The third-order valence-electron chi connectivity index (χ3n) is 3.20. The second-order valence-electron chi connectivity index (χ2n) is 5.01. The maximum atomic E-state index is 12.7. The maximum absolute atomic E-state index is 12.7. The Kier molecular flexibility index (Phi) is 6.50. The van der Waals surface area contributed by atoms with Crippen LogP contribution in [0.2, 0.25) is 0 Å². The van der Waals surface area contributed by atoms with Crippen molar-refractivity contribution < 1.29 is 9.18 Å². The predicted octanol–water partition coefficient (Wildman–Crippen LogP) is 2.07. The minimum Gasteiger partial charge on any atom is -0.359 e. The third kappa shape index (κ3) is 5.83. The molecule has 4 heteroatoms. The van der Waals surface area contributed by atoms with Gasteiger partial charge in [0.25, 0.3) is 0 Å². The van der Waals surface area contributed by atoms with Gasteiger partial charge in [0.1, 0.15) is 5.82 Å². The van der Waals surface area contributed by atoms with Gasteiger partial charge in [0, 0.05) is 19.5 Å². The molecule has 0 bridgehead atoms. The van der Waals surface area contributed by atoms with Crippen LogP contribution in [-0.2, 0) is 11.2 Å². The first-order chi connectivity index (χ1) is 9.02. The van der Waals surface area contributed by atoms with E-state index in [1.807, 2.05) is 26.1 Å². The Morgan fingerprint density at radius 2 is 2.00 bits per heavy atom. The molecular formula is C15H23FN2O. The number of aryl methyl sites for hydroxylation is 1. The lowest BCUT2D eigenvalue weighted by Gasteiger charge is -2.20. The highest BCUT2D eigenvalue weighted by atomic mass is 19.1. The number of carbonyl (C=O) groups excluding carboxylic acids is 1. The van der Waals surface area contributed by atoms with Gasteiger partial charge in [-0.3, -0.25) is 4.79 Å². The van der Waals surface area contributed by atoms with Crippen LogP contribution in [0.3, 0.4) is 0 Å². The van der Waals surface area contributed by atoms with Gasteiger partial charge >= 0.3 is 0 Å². The number of rotatable bonds is 7. The van der Waals surface area contributed by atoms with E-state index < -0.39 is 0 Å². The van der Waals surface area contributed by atoms with Gasteiger partial charge in [0.2, 0.25) is 5.91 Å². The van der Waals surface area contributed by atoms with Crippen LogP contribution in [0.4, 0.5) is 4.39 Å². The molecule has 0 saturated carbocycles. The van der Waals surface area contributed by atoms with E-state index in [1.165, 1.54) is 12.1 Å². The molecule has 0 saturated heterocycles. The first kappa shape index (κ1) is 15.6. The van der Waals surface area contributed by atoms with E-state index in [0.29, 0.717) is 0 Å². The Bertz CT molecular complexity index is 392. The standard InChI is InChI=1S/C15H23FN2O/c1-12(15(19)17-2)11-18(3)10-4-5-13-6-8-14(16)9-7-13/h6-9,12H,4-5,10-11H2,1-3H3,(H,17,19)/t12-/m1/s1. The second-order valence-corrected chi connectivity index (χ2v) is 5.01. The molecule has 1 aromatic rings. The minimum atomic E-state index is -0.194. The quantitative estimate of drug-likeness (QED) is 0.819. The maximum Gasteiger partial charge on any atom is 0.223 e. The van der Waals surface area contributed by atoms with E-state index in [1.54, 1.807) is 7.05 Å². The lowest BCUT2D eigenvalue weighted by Crippen LogP contribution is -2.34. The summed E-state index contributed by atoms with van der Waals surface area (Å²) in [5.41, 5.74) is 1.15. The third-order valence-corrected chi connectivity index (χ3v) is 3.20. The SMILES string of the molecule is CNC(=O)[C@H](C)CN(C)CCCc1ccc(F)cc1. The number of hydrogen-bond acceptors (Lipinski definition) is 2. The normalized spacial score (nSPS) is 12.5. The van der Waals surface area contributed by atoms with Gasteiger partial charge < -0.3 is 10.2 Å². The molecule has 0 aliphatic carbocycles. The first-order valence-electron chi connectivity index (χ1n) is 6.67. The van der Waals surface area contributed by atoms with E-state index >= 15 is 0 Å². The number of nitrogens with zero attached hydrogens (tertiary/aromatic N) is 1. The van der Waals surface area contributed by atoms with Crippen LogP contribution in [0.5, 0.6) is 0 Å². The van der Waals surface area contributed by atoms with Gasteiger partial charge in [-0.15, -0.1) is 0 Å². The van der Waals surface area contributed by atoms with E-state index in [0.717, 1.165) is 31.5 Å². The molecule has 0 radical (unpaired) electrons. The molecular weight excluding hydrogens is 243 g/mol. The summed E-state index contributed by atoms with van der Waals surface area (Å²) in [7, 11) is 3.68. The van der Waals surface area contributed by atoms with Crippen LogP contribution < -0.4 is 5.32 Å². The molecule has 1 N–H and O–H groups in total. The van der Waals surface area contributed by atoms with Gasteiger partial charge in [-0.2, -0.15) is 0 Å². The van der Waals surface area contributed by atoms with Crippen molar-refractivity contribution in [1.82, 2.24) is 10.2 Å². The van der Waals surface area contributed by atoms with Crippen LogP contribution in [0.25, 0.3) is 0 Å². The molecule has 19 heavy (non-hydrogen) atoms. The summed E-state index contributed by atoms with van der Waals surface area (Å²) in [5.74, 6) is -0.119. The summed E-state index contributed by atoms with van der Waals surface area (Å²) in [6, 6.07) is 6.63. The van der Waals surface area contributed by atoms with Crippen molar-refractivity contribution in [3.8, 4) is 0 Å². The van der Waals surface area contributed by atoms with Crippen molar-refractivity contribution in [1.29, 1.82) is 0 Å². The van der Waals surface area contributed by atoms with Crippen LogP contribution in [-0.4, -0.2) is 38.0 Å². The zero-order valence-electron chi connectivity index (χ0n) is 11.9. The fraction of sp³-hybridized carbons (Fsp3) is 0.533. The largest absolute Gasteiger partial charge is 0.359 e. The van der Waals surface area contributed by atoms with Crippen LogP contribution in [0, 0.1) is 11.7 Å². The molecule has 3 nitrogen and oxygen atoms in total. The summed E-state index contributed by atoms with van der Waals surface area (Å²) in [5, 5.41) is 2.66. The number of benzene rings is 1. The zero-order chi connectivity index (χ0) is 14.3. The minimum absolute atomic E-state index is 0.000760. The molecule has 0 fully saturated rings. The van der Waals surface area contributed by atoms with E-state index in [2.05, 4.69) is 10.2 Å². The predicted molar refractivity (Wildman–Crippen MR) is 75.4 cm³/mol. The number of hydrogen-bond donors (Lipinski definition) is 1. The zero-order valence-corrected chi connectivity index (χ0v) is 11.9. The summed E-state index contributed by atoms with van der Waals surface area (Å²) in [6.45, 7) is 3.61. The number of halogens is 1. The van der Waals surface area contributed by atoms with Crippen molar-refractivity contribution in [2.75, 3.05) is 27.2 Å². The van der Waals surface area contributed by atoms with Gasteiger partial charge in [-0.1, -0.05) is 19.1 Å². The Morgan fingerprint density at radius 1 is 1.37 bits per heavy atom. The molecule has 0 spiro atoms. The van der Waals surface area contributed by atoms with Gasteiger partial charge in [0.15, 0.2) is 0 Å². The fourth-order valence-corrected chi connectivity index (χ4v) is 2.09. The first-order valence-corrected chi connectivity index (χ1v) is 6.67. The van der Waals surface area contributed by atoms with Crippen molar-refractivity contribution in [3.63, 3.8) is 0 Å². The summed E-state index contributed by atoms with van der Waals surface area (Å²) < 4.78 is 12.7. The smallest absolute Gasteiger partial charge is 0.223 e. The average molecular weight is 266 g/mol. The highest BCUT2D eigenvalue weighted by Gasteiger charge is 2.12. The molecule has 0 aliphatic heterocycles. The Balaban J connectivity index is 2.25. The lowest BCUT2D eigenvalue weighted by molar-refractivity contribution is -0.124. The number of nitrogens with one attached hydrogen (secondary N) is 1.